The maximum absolute atomic E-state index is 6.03. The summed E-state index contributed by atoms with van der Waals surface area (Å²) in [6, 6.07) is 1.67. The molecule has 0 radical (unpaired) electrons. The largest absolute Gasteiger partial charge is 0.330 e. The first-order chi connectivity index (χ1) is 8.81. The van der Waals surface area contributed by atoms with E-state index in [1.165, 1.54) is 36.5 Å². The van der Waals surface area contributed by atoms with Crippen molar-refractivity contribution in [3.63, 3.8) is 0 Å². The van der Waals surface area contributed by atoms with Crippen molar-refractivity contribution in [3.8, 4) is 0 Å². The smallest absolute Gasteiger partial charge is 0.0951 e. The summed E-state index contributed by atoms with van der Waals surface area (Å²) in [6.07, 6.45) is 7.86. The minimum Gasteiger partial charge on any atom is -0.330 e. The molecule has 1 aromatic rings. The van der Waals surface area contributed by atoms with E-state index < -0.39 is 0 Å². The highest BCUT2D eigenvalue weighted by Gasteiger charge is 2.31. The van der Waals surface area contributed by atoms with Crippen LogP contribution in [0.15, 0.2) is 12.5 Å². The SMILES string of the molecule is CN(C1CCSC1)C(CN)c1cncn1C1CC1. The van der Waals surface area contributed by atoms with Gasteiger partial charge in [-0.05, 0) is 32.1 Å². The summed E-state index contributed by atoms with van der Waals surface area (Å²) < 4.78 is 2.34. The third-order valence-electron chi connectivity index (χ3n) is 4.17. The first-order valence-electron chi connectivity index (χ1n) is 6.82. The van der Waals surface area contributed by atoms with E-state index in [9.17, 15) is 0 Å². The molecule has 1 aliphatic carbocycles. The summed E-state index contributed by atoms with van der Waals surface area (Å²) in [4.78, 5) is 6.80. The predicted molar refractivity (Wildman–Crippen MR) is 75.8 cm³/mol. The Hall–Kier alpha value is -0.520. The molecule has 18 heavy (non-hydrogen) atoms. The molecule has 0 aromatic carbocycles. The van der Waals surface area contributed by atoms with Crippen molar-refractivity contribution in [2.24, 2.45) is 5.73 Å². The van der Waals surface area contributed by atoms with E-state index in [-0.39, 0.29) is 0 Å². The van der Waals surface area contributed by atoms with Crippen LogP contribution in [0, 0.1) is 0 Å². The molecule has 100 valence electrons. The molecule has 1 saturated carbocycles. The first kappa shape index (κ1) is 12.5. The minimum atomic E-state index is 0.316. The summed E-state index contributed by atoms with van der Waals surface area (Å²) in [5.74, 6) is 2.53. The Morgan fingerprint density at radius 3 is 3.00 bits per heavy atom. The number of nitrogens with two attached hydrogens (primary N) is 1. The Morgan fingerprint density at radius 2 is 2.39 bits per heavy atom. The van der Waals surface area contributed by atoms with Crippen LogP contribution in [0.3, 0.4) is 0 Å². The zero-order valence-corrected chi connectivity index (χ0v) is 11.8. The van der Waals surface area contributed by atoms with Crippen LogP contribution in [0.2, 0.25) is 0 Å². The monoisotopic (exact) mass is 266 g/mol. The molecule has 2 atom stereocenters. The predicted octanol–water partition coefficient (Wildman–Crippen LogP) is 1.66. The Bertz CT molecular complexity index is 395. The number of hydrogen-bond donors (Lipinski definition) is 1. The summed E-state index contributed by atoms with van der Waals surface area (Å²) in [6.45, 7) is 0.677. The molecule has 5 heteroatoms. The van der Waals surface area contributed by atoms with E-state index in [4.69, 9.17) is 5.73 Å². The van der Waals surface area contributed by atoms with Crippen LogP contribution in [0.5, 0.6) is 0 Å². The summed E-state index contributed by atoms with van der Waals surface area (Å²) in [7, 11) is 2.22. The van der Waals surface area contributed by atoms with E-state index in [2.05, 4.69) is 33.3 Å². The number of thioether (sulfide) groups is 1. The summed E-state index contributed by atoms with van der Waals surface area (Å²) in [5.41, 5.74) is 7.34. The van der Waals surface area contributed by atoms with Crippen molar-refractivity contribution in [2.45, 2.75) is 37.4 Å². The van der Waals surface area contributed by atoms with Gasteiger partial charge in [0.1, 0.15) is 0 Å². The first-order valence-corrected chi connectivity index (χ1v) is 7.98. The highest BCUT2D eigenvalue weighted by atomic mass is 32.2. The Labute approximate surface area is 113 Å². The van der Waals surface area contributed by atoms with Gasteiger partial charge in [0.15, 0.2) is 0 Å². The lowest BCUT2D eigenvalue weighted by molar-refractivity contribution is 0.185. The highest BCUT2D eigenvalue weighted by molar-refractivity contribution is 7.99. The third kappa shape index (κ3) is 2.31. The van der Waals surface area contributed by atoms with E-state index >= 15 is 0 Å². The molecule has 0 bridgehead atoms. The van der Waals surface area contributed by atoms with Crippen molar-refractivity contribution >= 4 is 11.8 Å². The fourth-order valence-corrected chi connectivity index (χ4v) is 4.10. The Morgan fingerprint density at radius 1 is 1.56 bits per heavy atom. The van der Waals surface area contributed by atoms with Gasteiger partial charge in [0, 0.05) is 30.6 Å². The van der Waals surface area contributed by atoms with Crippen LogP contribution in [-0.4, -0.2) is 45.6 Å². The van der Waals surface area contributed by atoms with Crippen LogP contribution in [0.1, 0.15) is 37.0 Å². The van der Waals surface area contributed by atoms with Crippen molar-refractivity contribution < 1.29 is 0 Å². The molecule has 4 nitrogen and oxygen atoms in total. The maximum Gasteiger partial charge on any atom is 0.0951 e. The fourth-order valence-electron chi connectivity index (χ4n) is 2.82. The number of likely N-dealkylation sites (N-methyl/N-ethyl adjacent to an activating group) is 1. The molecule has 1 saturated heterocycles. The molecule has 2 fully saturated rings. The average molecular weight is 266 g/mol. The fraction of sp³-hybridized carbons (Fsp3) is 0.769. The normalized spacial score (nSPS) is 25.8. The molecule has 2 aliphatic rings. The molecule has 0 spiro atoms. The van der Waals surface area contributed by atoms with E-state index in [0.717, 1.165) is 0 Å². The van der Waals surface area contributed by atoms with Crippen LogP contribution in [0.4, 0.5) is 0 Å². The van der Waals surface area contributed by atoms with Gasteiger partial charge in [-0.3, -0.25) is 4.90 Å². The van der Waals surface area contributed by atoms with Crippen molar-refractivity contribution in [1.29, 1.82) is 0 Å². The Kier molecular flexibility index (Phi) is 3.63. The molecule has 3 rings (SSSR count). The van der Waals surface area contributed by atoms with Crippen LogP contribution >= 0.6 is 11.8 Å². The minimum absolute atomic E-state index is 0.316. The maximum atomic E-state index is 6.03. The van der Waals surface area contributed by atoms with Crippen molar-refractivity contribution in [3.05, 3.63) is 18.2 Å². The standard InChI is InChI=1S/C13H22N4S/c1-16(11-4-5-18-8-11)12(6-14)13-7-15-9-17(13)10-2-3-10/h7,9-12H,2-6,8,14H2,1H3. The van der Waals surface area contributed by atoms with Gasteiger partial charge in [-0.1, -0.05) is 0 Å². The second-order valence-electron chi connectivity index (χ2n) is 5.39. The van der Waals surface area contributed by atoms with Gasteiger partial charge in [-0.25, -0.2) is 4.98 Å². The van der Waals surface area contributed by atoms with Crippen LogP contribution < -0.4 is 5.73 Å². The molecular weight excluding hydrogens is 244 g/mol. The lowest BCUT2D eigenvalue weighted by Crippen LogP contribution is -2.39. The second kappa shape index (κ2) is 5.23. The van der Waals surface area contributed by atoms with Gasteiger partial charge in [-0.2, -0.15) is 11.8 Å². The van der Waals surface area contributed by atoms with Gasteiger partial charge < -0.3 is 10.3 Å². The second-order valence-corrected chi connectivity index (χ2v) is 6.54. The van der Waals surface area contributed by atoms with Gasteiger partial charge in [0.05, 0.1) is 18.1 Å². The Balaban J connectivity index is 1.79. The van der Waals surface area contributed by atoms with Gasteiger partial charge in [0.25, 0.3) is 0 Å². The highest BCUT2D eigenvalue weighted by Crippen LogP contribution is 2.38. The van der Waals surface area contributed by atoms with Crippen molar-refractivity contribution in [1.82, 2.24) is 14.5 Å². The number of aromatic nitrogens is 2. The number of imidazole rings is 1. The lowest BCUT2D eigenvalue weighted by Gasteiger charge is -2.32. The zero-order chi connectivity index (χ0) is 12.5. The molecule has 1 aromatic heterocycles. The average Bonchev–Trinajstić information content (AvgIpc) is 2.92. The summed E-state index contributed by atoms with van der Waals surface area (Å²) in [5, 5.41) is 0. The molecule has 2 heterocycles. The number of rotatable bonds is 5. The zero-order valence-electron chi connectivity index (χ0n) is 11.0. The van der Waals surface area contributed by atoms with Gasteiger partial charge >= 0.3 is 0 Å². The topological polar surface area (TPSA) is 47.1 Å². The number of hydrogen-bond acceptors (Lipinski definition) is 4. The summed E-state index contributed by atoms with van der Waals surface area (Å²) >= 11 is 2.05. The lowest BCUT2D eigenvalue weighted by atomic mass is 10.1. The third-order valence-corrected chi connectivity index (χ3v) is 5.32. The van der Waals surface area contributed by atoms with Gasteiger partial charge in [-0.15, -0.1) is 0 Å². The van der Waals surface area contributed by atoms with Gasteiger partial charge in [0.2, 0.25) is 0 Å². The molecule has 0 amide bonds. The number of nitrogens with zero attached hydrogens (tertiary/aromatic N) is 3. The molecule has 1 aliphatic heterocycles. The van der Waals surface area contributed by atoms with Crippen molar-refractivity contribution in [2.75, 3.05) is 25.1 Å². The molecule has 2 unspecified atom stereocenters. The van der Waals surface area contributed by atoms with E-state index in [1.807, 2.05) is 12.5 Å². The van der Waals surface area contributed by atoms with E-state index in [0.29, 0.717) is 24.7 Å². The molecular formula is C13H22N4S. The van der Waals surface area contributed by atoms with Crippen LogP contribution in [-0.2, 0) is 0 Å². The van der Waals surface area contributed by atoms with E-state index in [1.54, 1.807) is 0 Å². The molecule has 2 N–H and O–H groups in total. The van der Waals surface area contributed by atoms with Crippen LogP contribution in [0.25, 0.3) is 0 Å². The quantitative estimate of drug-likeness (QED) is 0.880.